The lowest BCUT2D eigenvalue weighted by molar-refractivity contribution is -0.150. The van der Waals surface area contributed by atoms with Gasteiger partial charge in [-0.05, 0) is 26.8 Å². The number of carbonyl (C=O) groups is 3. The van der Waals surface area contributed by atoms with E-state index in [1.165, 1.54) is 34.9 Å². The van der Waals surface area contributed by atoms with Crippen LogP contribution in [0.25, 0.3) is 0 Å². The molecule has 0 aliphatic carbocycles. The number of carboxylic acids is 1. The quantitative estimate of drug-likeness (QED) is 0.482. The highest BCUT2D eigenvalue weighted by atomic mass is 32.2. The molecule has 6 nitrogen and oxygen atoms in total. The lowest BCUT2D eigenvalue weighted by Gasteiger charge is -2.47. The zero-order valence-electron chi connectivity index (χ0n) is 12.0. The smallest absolute Gasteiger partial charge is 0.352 e. The second-order valence-electron chi connectivity index (χ2n) is 5.75. The Morgan fingerprint density at radius 1 is 1.48 bits per heavy atom. The zero-order chi connectivity index (χ0) is 15.8. The number of hydrogen-bond acceptors (Lipinski definition) is 5. The molecular weight excluding hydrogens is 294 g/mol. The van der Waals surface area contributed by atoms with Crippen LogP contribution in [0.2, 0.25) is 0 Å². The zero-order valence-corrected chi connectivity index (χ0v) is 12.8. The van der Waals surface area contributed by atoms with Crippen LogP contribution in [0.3, 0.4) is 0 Å². The Kier molecular flexibility index (Phi) is 4.13. The van der Waals surface area contributed by atoms with E-state index < -0.39 is 23.5 Å². The van der Waals surface area contributed by atoms with Gasteiger partial charge in [-0.2, -0.15) is 0 Å². The van der Waals surface area contributed by atoms with Crippen LogP contribution >= 0.6 is 11.8 Å². The normalized spacial score (nSPS) is 25.2. The van der Waals surface area contributed by atoms with E-state index in [2.05, 4.69) is 0 Å². The van der Waals surface area contributed by atoms with Gasteiger partial charge in [0.1, 0.15) is 11.3 Å². The van der Waals surface area contributed by atoms with Gasteiger partial charge < -0.3 is 9.84 Å². The first kappa shape index (κ1) is 15.6. The minimum atomic E-state index is -1.11. The SMILES string of the molecule is CC(C)(C)OC(=O)/C=C/C1C(=O)N2C(C(=O)O)=CCS[C@@H]12. The van der Waals surface area contributed by atoms with Gasteiger partial charge in [0, 0.05) is 11.8 Å². The second-order valence-corrected chi connectivity index (χ2v) is 6.89. The molecular formula is C14H17NO5S. The number of carbonyl (C=O) groups excluding carboxylic acids is 2. The Morgan fingerprint density at radius 2 is 2.14 bits per heavy atom. The summed E-state index contributed by atoms with van der Waals surface area (Å²) in [6.45, 7) is 5.28. The van der Waals surface area contributed by atoms with Gasteiger partial charge in [-0.1, -0.05) is 6.08 Å². The molecule has 2 aliphatic rings. The highest BCUT2D eigenvalue weighted by Gasteiger charge is 2.50. The van der Waals surface area contributed by atoms with Crippen molar-refractivity contribution in [2.24, 2.45) is 5.92 Å². The molecule has 2 aliphatic heterocycles. The Labute approximate surface area is 126 Å². The molecule has 7 heteroatoms. The van der Waals surface area contributed by atoms with Crippen LogP contribution in [0.5, 0.6) is 0 Å². The summed E-state index contributed by atoms with van der Waals surface area (Å²) in [4.78, 5) is 35.9. The monoisotopic (exact) mass is 311 g/mol. The number of hydrogen-bond donors (Lipinski definition) is 1. The summed E-state index contributed by atoms with van der Waals surface area (Å²) < 4.78 is 5.12. The first-order valence-corrected chi connectivity index (χ1v) is 7.55. The fourth-order valence-corrected chi connectivity index (χ4v) is 3.36. The third-order valence-corrected chi connectivity index (χ3v) is 4.16. The van der Waals surface area contributed by atoms with Gasteiger partial charge >= 0.3 is 11.9 Å². The highest BCUT2D eigenvalue weighted by Crippen LogP contribution is 2.42. The fraction of sp³-hybridized carbons (Fsp3) is 0.500. The predicted molar refractivity (Wildman–Crippen MR) is 77.3 cm³/mol. The molecule has 1 fully saturated rings. The molecule has 0 bridgehead atoms. The average molecular weight is 311 g/mol. The predicted octanol–water partition coefficient (Wildman–Crippen LogP) is 1.38. The van der Waals surface area contributed by atoms with Crippen LogP contribution in [0.4, 0.5) is 0 Å². The van der Waals surface area contributed by atoms with Crippen molar-refractivity contribution in [1.82, 2.24) is 4.90 Å². The largest absolute Gasteiger partial charge is 0.477 e. The summed E-state index contributed by atoms with van der Waals surface area (Å²) in [5.41, 5.74) is -0.568. The van der Waals surface area contributed by atoms with E-state index in [0.717, 1.165) is 0 Å². The molecule has 1 saturated heterocycles. The first-order valence-electron chi connectivity index (χ1n) is 6.50. The van der Waals surface area contributed by atoms with E-state index in [0.29, 0.717) is 5.75 Å². The summed E-state index contributed by atoms with van der Waals surface area (Å²) in [6, 6.07) is 0. The standard InChI is InChI=1S/C14H17NO5S/c1-14(2,3)20-10(16)5-4-8-11(17)15-9(13(18)19)6-7-21-12(8)15/h4-6,8,12H,7H2,1-3H3,(H,18,19)/b5-4+/t8?,12-/m0/s1. The number of thioether (sulfide) groups is 1. The maximum Gasteiger partial charge on any atom is 0.352 e. The molecule has 0 spiro atoms. The molecule has 2 atom stereocenters. The first-order chi connectivity index (χ1) is 9.70. The highest BCUT2D eigenvalue weighted by molar-refractivity contribution is 8.00. The number of nitrogens with zero attached hydrogens (tertiary/aromatic N) is 1. The molecule has 1 N–H and O–H groups in total. The molecule has 2 rings (SSSR count). The number of ether oxygens (including phenoxy) is 1. The van der Waals surface area contributed by atoms with Crippen molar-refractivity contribution in [3.63, 3.8) is 0 Å². The van der Waals surface area contributed by atoms with Gasteiger partial charge in [-0.25, -0.2) is 9.59 Å². The molecule has 0 saturated carbocycles. The Bertz CT molecular complexity index is 546. The van der Waals surface area contributed by atoms with Crippen molar-refractivity contribution in [3.8, 4) is 0 Å². The van der Waals surface area contributed by atoms with E-state index in [9.17, 15) is 14.4 Å². The molecule has 1 unspecified atom stereocenters. The van der Waals surface area contributed by atoms with Crippen LogP contribution in [0, 0.1) is 5.92 Å². The van der Waals surface area contributed by atoms with E-state index in [1.54, 1.807) is 20.8 Å². The van der Waals surface area contributed by atoms with Crippen LogP contribution in [-0.2, 0) is 19.1 Å². The average Bonchev–Trinajstić information content (AvgIpc) is 2.35. The Morgan fingerprint density at radius 3 is 2.71 bits per heavy atom. The van der Waals surface area contributed by atoms with Crippen LogP contribution in [0.1, 0.15) is 20.8 Å². The van der Waals surface area contributed by atoms with E-state index in [1.807, 2.05) is 0 Å². The van der Waals surface area contributed by atoms with Crippen LogP contribution < -0.4 is 0 Å². The van der Waals surface area contributed by atoms with Gasteiger partial charge in [0.05, 0.1) is 11.3 Å². The maximum absolute atomic E-state index is 12.0. The Hall–Kier alpha value is -1.76. The minimum Gasteiger partial charge on any atom is -0.477 e. The van der Waals surface area contributed by atoms with E-state index in [-0.39, 0.29) is 17.0 Å². The molecule has 1 amide bonds. The van der Waals surface area contributed by atoms with Crippen molar-refractivity contribution in [2.75, 3.05) is 5.75 Å². The minimum absolute atomic E-state index is 0.0191. The fourth-order valence-electron chi connectivity index (χ4n) is 2.13. The molecule has 0 aromatic carbocycles. The summed E-state index contributed by atoms with van der Waals surface area (Å²) in [7, 11) is 0. The summed E-state index contributed by atoms with van der Waals surface area (Å²) >= 11 is 1.47. The van der Waals surface area contributed by atoms with Crippen molar-refractivity contribution in [3.05, 3.63) is 23.9 Å². The topological polar surface area (TPSA) is 83.9 Å². The van der Waals surface area contributed by atoms with Gasteiger partial charge in [0.2, 0.25) is 5.91 Å². The van der Waals surface area contributed by atoms with Crippen LogP contribution in [0.15, 0.2) is 23.9 Å². The lowest BCUT2D eigenvalue weighted by atomic mass is 9.96. The van der Waals surface area contributed by atoms with Crippen molar-refractivity contribution in [1.29, 1.82) is 0 Å². The number of aliphatic carboxylic acids is 1. The van der Waals surface area contributed by atoms with Crippen molar-refractivity contribution >= 4 is 29.6 Å². The molecule has 2 heterocycles. The van der Waals surface area contributed by atoms with Gasteiger partial charge in [-0.3, -0.25) is 9.69 Å². The number of carboxylic acid groups (broad SMARTS) is 1. The molecule has 0 aromatic heterocycles. The van der Waals surface area contributed by atoms with Gasteiger partial charge in [-0.15, -0.1) is 11.8 Å². The number of amides is 1. The van der Waals surface area contributed by atoms with E-state index in [4.69, 9.17) is 9.84 Å². The summed E-state index contributed by atoms with van der Waals surface area (Å²) in [5.74, 6) is -1.87. The number of rotatable bonds is 3. The third-order valence-electron chi connectivity index (χ3n) is 2.95. The summed E-state index contributed by atoms with van der Waals surface area (Å²) in [6.07, 6.45) is 4.26. The maximum atomic E-state index is 12.0. The molecule has 0 aromatic rings. The third kappa shape index (κ3) is 3.29. The second kappa shape index (κ2) is 5.55. The van der Waals surface area contributed by atoms with Gasteiger partial charge in [0.25, 0.3) is 0 Å². The number of fused-ring (bicyclic) bond motifs is 1. The summed E-state index contributed by atoms with van der Waals surface area (Å²) in [5, 5.41) is 8.79. The van der Waals surface area contributed by atoms with E-state index >= 15 is 0 Å². The van der Waals surface area contributed by atoms with Gasteiger partial charge in [0.15, 0.2) is 0 Å². The molecule has 21 heavy (non-hydrogen) atoms. The number of esters is 1. The van der Waals surface area contributed by atoms with Crippen molar-refractivity contribution < 1.29 is 24.2 Å². The van der Waals surface area contributed by atoms with Crippen molar-refractivity contribution in [2.45, 2.75) is 31.7 Å². The number of β-lactam (4-membered cyclic amide) rings is 1. The molecule has 0 radical (unpaired) electrons. The lowest BCUT2D eigenvalue weighted by Crippen LogP contribution is -2.60. The Balaban J connectivity index is 2.02. The molecule has 114 valence electrons. The van der Waals surface area contributed by atoms with Crippen LogP contribution in [-0.4, -0.2) is 44.6 Å².